The molecule has 1 amide bonds. The van der Waals surface area contributed by atoms with Crippen LogP contribution in [-0.4, -0.2) is 27.6 Å². The third-order valence-electron chi connectivity index (χ3n) is 2.98. The van der Waals surface area contributed by atoms with Gasteiger partial charge in [0.25, 0.3) is 5.91 Å². The maximum atomic E-state index is 12.2. The van der Waals surface area contributed by atoms with Crippen molar-refractivity contribution in [3.05, 3.63) is 54.1 Å². The molecule has 0 aliphatic heterocycles. The zero-order valence-electron chi connectivity index (χ0n) is 11.8. The molecule has 0 unspecified atom stereocenters. The first-order valence-corrected chi connectivity index (χ1v) is 8.19. The molecule has 2 N–H and O–H groups in total. The molecule has 2 aromatic carbocycles. The largest absolute Gasteiger partial charge is 0.387 e. The normalized spacial score (nSPS) is 11.0. The van der Waals surface area contributed by atoms with Gasteiger partial charge < -0.3 is 10.6 Å². The monoisotopic (exact) mass is 304 g/mol. The van der Waals surface area contributed by atoms with Gasteiger partial charge >= 0.3 is 0 Å². The summed E-state index contributed by atoms with van der Waals surface area (Å²) in [4.78, 5) is 12.4. The Kier molecular flexibility index (Phi) is 4.28. The minimum Gasteiger partial charge on any atom is -0.387 e. The van der Waals surface area contributed by atoms with Crippen LogP contribution in [0.1, 0.15) is 10.4 Å². The fraction of sp³-hybridized carbons (Fsp3) is 0.133. The molecule has 0 aliphatic carbocycles. The number of rotatable bonds is 4. The lowest BCUT2D eigenvalue weighted by molar-refractivity contribution is 0.102. The van der Waals surface area contributed by atoms with Gasteiger partial charge in [0.1, 0.15) is 0 Å². The van der Waals surface area contributed by atoms with E-state index in [1.54, 1.807) is 31.3 Å². The predicted octanol–water partition coefficient (Wildman–Crippen LogP) is 2.38. The summed E-state index contributed by atoms with van der Waals surface area (Å²) in [6.07, 6.45) is 1.14. The minimum atomic E-state index is -3.23. The van der Waals surface area contributed by atoms with E-state index in [-0.39, 0.29) is 10.8 Å². The molecule has 0 radical (unpaired) electrons. The topological polar surface area (TPSA) is 75.3 Å². The van der Waals surface area contributed by atoms with Gasteiger partial charge in [-0.1, -0.05) is 12.1 Å². The highest BCUT2D eigenvalue weighted by atomic mass is 32.2. The summed E-state index contributed by atoms with van der Waals surface area (Å²) < 4.78 is 22.8. The van der Waals surface area contributed by atoms with E-state index < -0.39 is 9.84 Å². The first-order valence-electron chi connectivity index (χ1n) is 6.30. The van der Waals surface area contributed by atoms with Crippen LogP contribution in [0.25, 0.3) is 0 Å². The standard InChI is InChI=1S/C15H16N2O3S/c1-16-14-6-4-3-5-13(14)15(18)17-11-7-9-12(10-8-11)21(2,19)20/h3-10,16H,1-2H3,(H,17,18). The van der Waals surface area contributed by atoms with Crippen molar-refractivity contribution >= 4 is 27.1 Å². The highest BCUT2D eigenvalue weighted by Crippen LogP contribution is 2.18. The van der Waals surface area contributed by atoms with Gasteiger partial charge in [-0.05, 0) is 36.4 Å². The number of amides is 1. The molecule has 0 fully saturated rings. The molecule has 0 heterocycles. The van der Waals surface area contributed by atoms with Gasteiger partial charge in [-0.3, -0.25) is 4.79 Å². The third kappa shape index (κ3) is 3.61. The van der Waals surface area contributed by atoms with Crippen molar-refractivity contribution in [1.29, 1.82) is 0 Å². The van der Waals surface area contributed by atoms with Crippen molar-refractivity contribution in [1.82, 2.24) is 0 Å². The van der Waals surface area contributed by atoms with Crippen LogP contribution in [0.5, 0.6) is 0 Å². The summed E-state index contributed by atoms with van der Waals surface area (Å²) in [5.74, 6) is -0.257. The summed E-state index contributed by atoms with van der Waals surface area (Å²) in [6, 6.07) is 13.2. The average molecular weight is 304 g/mol. The van der Waals surface area contributed by atoms with Crippen LogP contribution >= 0.6 is 0 Å². The maximum absolute atomic E-state index is 12.2. The SMILES string of the molecule is CNc1ccccc1C(=O)Nc1ccc(S(C)(=O)=O)cc1. The molecule has 0 spiro atoms. The Morgan fingerprint density at radius 1 is 1.00 bits per heavy atom. The molecular formula is C15H16N2O3S. The fourth-order valence-corrected chi connectivity index (χ4v) is 2.51. The molecule has 0 aromatic heterocycles. The van der Waals surface area contributed by atoms with Crippen molar-refractivity contribution < 1.29 is 13.2 Å². The second-order valence-corrected chi connectivity index (χ2v) is 6.56. The predicted molar refractivity (Wildman–Crippen MR) is 83.5 cm³/mol. The lowest BCUT2D eigenvalue weighted by Gasteiger charge is -2.10. The van der Waals surface area contributed by atoms with Crippen LogP contribution in [0.15, 0.2) is 53.4 Å². The Bertz CT molecular complexity index is 753. The number of benzene rings is 2. The highest BCUT2D eigenvalue weighted by Gasteiger charge is 2.11. The number of sulfone groups is 1. The first-order chi connectivity index (χ1) is 9.91. The van der Waals surface area contributed by atoms with Crippen LogP contribution in [0.2, 0.25) is 0 Å². The Hall–Kier alpha value is -2.34. The highest BCUT2D eigenvalue weighted by molar-refractivity contribution is 7.90. The molecule has 2 aromatic rings. The van der Waals surface area contributed by atoms with E-state index in [1.165, 1.54) is 12.1 Å². The van der Waals surface area contributed by atoms with E-state index in [1.807, 2.05) is 12.1 Å². The number of carbonyl (C=O) groups excluding carboxylic acids is 1. The van der Waals surface area contributed by atoms with Crippen LogP contribution in [-0.2, 0) is 9.84 Å². The maximum Gasteiger partial charge on any atom is 0.257 e. The lowest BCUT2D eigenvalue weighted by atomic mass is 10.1. The van der Waals surface area contributed by atoms with Gasteiger partial charge in [0.2, 0.25) is 0 Å². The van der Waals surface area contributed by atoms with Gasteiger partial charge in [-0.25, -0.2) is 8.42 Å². The molecule has 0 saturated heterocycles. The number of hydrogen-bond acceptors (Lipinski definition) is 4. The third-order valence-corrected chi connectivity index (χ3v) is 4.11. The van der Waals surface area contributed by atoms with E-state index in [0.29, 0.717) is 11.3 Å². The van der Waals surface area contributed by atoms with Crippen molar-refractivity contribution in [2.75, 3.05) is 23.9 Å². The van der Waals surface area contributed by atoms with Gasteiger partial charge in [-0.2, -0.15) is 0 Å². The Labute approximate surface area is 123 Å². The second-order valence-electron chi connectivity index (χ2n) is 4.55. The van der Waals surface area contributed by atoms with E-state index in [0.717, 1.165) is 11.9 Å². The number of carbonyl (C=O) groups is 1. The lowest BCUT2D eigenvalue weighted by Crippen LogP contribution is -2.14. The Morgan fingerprint density at radius 2 is 1.62 bits per heavy atom. The second kappa shape index (κ2) is 5.97. The Balaban J connectivity index is 2.20. The molecule has 21 heavy (non-hydrogen) atoms. The number of para-hydroxylation sites is 1. The zero-order valence-corrected chi connectivity index (χ0v) is 12.6. The van der Waals surface area contributed by atoms with E-state index in [2.05, 4.69) is 10.6 Å². The summed E-state index contributed by atoms with van der Waals surface area (Å²) in [5, 5.41) is 5.69. The van der Waals surface area contributed by atoms with Crippen LogP contribution < -0.4 is 10.6 Å². The van der Waals surface area contributed by atoms with Crippen molar-refractivity contribution in [2.24, 2.45) is 0 Å². The minimum absolute atomic E-state index is 0.219. The van der Waals surface area contributed by atoms with E-state index in [9.17, 15) is 13.2 Å². The molecule has 0 bridgehead atoms. The van der Waals surface area contributed by atoms with Gasteiger partial charge in [0.15, 0.2) is 9.84 Å². The van der Waals surface area contributed by atoms with Gasteiger partial charge in [-0.15, -0.1) is 0 Å². The molecule has 0 atom stereocenters. The van der Waals surface area contributed by atoms with Gasteiger partial charge in [0.05, 0.1) is 10.5 Å². The summed E-state index contributed by atoms with van der Waals surface area (Å²) in [6.45, 7) is 0. The fourth-order valence-electron chi connectivity index (χ4n) is 1.88. The average Bonchev–Trinajstić information content (AvgIpc) is 2.46. The molecule has 6 heteroatoms. The molecule has 0 saturated carbocycles. The van der Waals surface area contributed by atoms with E-state index in [4.69, 9.17) is 0 Å². The van der Waals surface area contributed by atoms with Crippen LogP contribution in [0.4, 0.5) is 11.4 Å². The summed E-state index contributed by atoms with van der Waals surface area (Å²) in [5.41, 5.74) is 1.79. The van der Waals surface area contributed by atoms with Crippen molar-refractivity contribution in [2.45, 2.75) is 4.90 Å². The van der Waals surface area contributed by atoms with E-state index >= 15 is 0 Å². The zero-order chi connectivity index (χ0) is 15.5. The summed E-state index contributed by atoms with van der Waals surface area (Å²) in [7, 11) is -1.49. The molecular weight excluding hydrogens is 288 g/mol. The van der Waals surface area contributed by atoms with Gasteiger partial charge in [0, 0.05) is 24.7 Å². The number of anilines is 2. The van der Waals surface area contributed by atoms with Crippen molar-refractivity contribution in [3.63, 3.8) is 0 Å². The summed E-state index contributed by atoms with van der Waals surface area (Å²) >= 11 is 0. The smallest absolute Gasteiger partial charge is 0.257 e. The Morgan fingerprint density at radius 3 is 2.19 bits per heavy atom. The molecule has 2 rings (SSSR count). The first kappa shape index (κ1) is 15.1. The quantitative estimate of drug-likeness (QED) is 0.909. The van der Waals surface area contributed by atoms with Crippen LogP contribution in [0, 0.1) is 0 Å². The van der Waals surface area contributed by atoms with Crippen molar-refractivity contribution in [3.8, 4) is 0 Å². The van der Waals surface area contributed by atoms with Crippen LogP contribution in [0.3, 0.4) is 0 Å². The number of nitrogens with one attached hydrogen (secondary N) is 2. The molecule has 0 aliphatic rings. The molecule has 110 valence electrons. The molecule has 5 nitrogen and oxygen atoms in total. The number of hydrogen-bond donors (Lipinski definition) is 2.